The Labute approximate surface area is 200 Å². The van der Waals surface area contributed by atoms with Crippen molar-refractivity contribution in [2.24, 2.45) is 0 Å². The van der Waals surface area contributed by atoms with Crippen LogP contribution in [-0.4, -0.2) is 63.8 Å². The Hall–Kier alpha value is -3.17. The minimum atomic E-state index is -1.04. The summed E-state index contributed by atoms with van der Waals surface area (Å²) < 4.78 is 17.2. The summed E-state index contributed by atoms with van der Waals surface area (Å²) in [4.78, 5) is 35.3. The molecule has 2 aromatic heterocycles. The third kappa shape index (κ3) is 4.71. The van der Waals surface area contributed by atoms with Crippen LogP contribution in [0.25, 0.3) is 11.1 Å². The maximum absolute atomic E-state index is 13.3. The summed E-state index contributed by atoms with van der Waals surface area (Å²) in [6, 6.07) is 5.74. The molecule has 3 heterocycles. The zero-order chi connectivity index (χ0) is 23.8. The smallest absolute Gasteiger partial charge is 0.326 e. The molecule has 1 N–H and O–H groups in total. The summed E-state index contributed by atoms with van der Waals surface area (Å²) in [5.41, 5.74) is 2.00. The predicted octanol–water partition coefficient (Wildman–Crippen LogP) is 3.52. The number of methoxy groups -OCH3 is 1. The van der Waals surface area contributed by atoms with Crippen LogP contribution in [0.1, 0.15) is 41.2 Å². The number of carboxylic acid groups (broad SMARTS) is 1. The van der Waals surface area contributed by atoms with Gasteiger partial charge in [-0.15, -0.1) is 0 Å². The first-order valence-electron chi connectivity index (χ1n) is 11.2. The largest absolute Gasteiger partial charge is 0.493 e. The van der Waals surface area contributed by atoms with Crippen molar-refractivity contribution >= 4 is 34.6 Å². The highest BCUT2D eigenvalue weighted by Crippen LogP contribution is 2.33. The molecule has 1 aliphatic carbocycles. The predicted molar refractivity (Wildman–Crippen MR) is 122 cm³/mol. The quantitative estimate of drug-likeness (QED) is 0.515. The highest BCUT2D eigenvalue weighted by Gasteiger charge is 2.42. The van der Waals surface area contributed by atoms with Crippen molar-refractivity contribution in [3.63, 3.8) is 0 Å². The first-order chi connectivity index (χ1) is 16.4. The van der Waals surface area contributed by atoms with Crippen molar-refractivity contribution in [1.29, 1.82) is 0 Å². The fraction of sp³-hybridized carbons (Fsp3) is 0.417. The van der Waals surface area contributed by atoms with Crippen LogP contribution in [0.2, 0.25) is 5.02 Å². The molecule has 3 aromatic rings. The number of oxazole rings is 1. The highest BCUT2D eigenvalue weighted by atomic mass is 35.5. The Kier molecular flexibility index (Phi) is 6.14. The van der Waals surface area contributed by atoms with Crippen LogP contribution in [-0.2, 0) is 22.4 Å². The van der Waals surface area contributed by atoms with Gasteiger partial charge in [0.15, 0.2) is 17.2 Å². The summed E-state index contributed by atoms with van der Waals surface area (Å²) in [5.74, 6) is -0.608. The number of aliphatic carboxylic acids is 1. The Morgan fingerprint density at radius 2 is 2.06 bits per heavy atom. The number of rotatable bonds is 8. The SMILES string of the molecule is COc1cc(C(=O)N2C[C@H](OC3CC3)C[C@H]2C(=O)O)cc2nc(CCc3cc(Cl)ccn3)oc12. The fourth-order valence-corrected chi connectivity index (χ4v) is 4.43. The van der Waals surface area contributed by atoms with Gasteiger partial charge in [0.2, 0.25) is 0 Å². The molecule has 10 heteroatoms. The normalized spacial score (nSPS) is 20.1. The number of nitrogens with zero attached hydrogens (tertiary/aromatic N) is 3. The summed E-state index contributed by atoms with van der Waals surface area (Å²) in [6.07, 6.45) is 4.87. The van der Waals surface area contributed by atoms with Crippen LogP contribution in [0.5, 0.6) is 5.75 Å². The average molecular weight is 486 g/mol. The molecular weight excluding hydrogens is 462 g/mol. The van der Waals surface area contributed by atoms with Crippen LogP contribution in [0, 0.1) is 0 Å². The number of carbonyl (C=O) groups excluding carboxylic acids is 1. The number of amides is 1. The summed E-state index contributed by atoms with van der Waals surface area (Å²) in [6.45, 7) is 0.239. The van der Waals surface area contributed by atoms with Gasteiger partial charge in [-0.2, -0.15) is 0 Å². The molecule has 2 atom stereocenters. The van der Waals surface area contributed by atoms with E-state index >= 15 is 0 Å². The first-order valence-corrected chi connectivity index (χ1v) is 11.6. The summed E-state index contributed by atoms with van der Waals surface area (Å²) in [5, 5.41) is 10.3. The molecule has 0 bridgehead atoms. The number of pyridine rings is 1. The van der Waals surface area contributed by atoms with Gasteiger partial charge in [-0.1, -0.05) is 11.6 Å². The van der Waals surface area contributed by atoms with E-state index in [1.165, 1.54) is 12.0 Å². The van der Waals surface area contributed by atoms with E-state index in [1.807, 2.05) is 0 Å². The van der Waals surface area contributed by atoms with Crippen molar-refractivity contribution in [1.82, 2.24) is 14.9 Å². The number of fused-ring (bicyclic) bond motifs is 1. The molecule has 2 aliphatic rings. The number of benzene rings is 1. The lowest BCUT2D eigenvalue weighted by molar-refractivity contribution is -0.141. The van der Waals surface area contributed by atoms with Gasteiger partial charge in [0, 0.05) is 41.9 Å². The average Bonchev–Trinajstić information content (AvgIpc) is 3.37. The number of aryl methyl sites for hydroxylation is 2. The van der Waals surface area contributed by atoms with E-state index in [0.29, 0.717) is 46.2 Å². The number of halogens is 1. The number of ether oxygens (including phenoxy) is 2. The summed E-state index contributed by atoms with van der Waals surface area (Å²) in [7, 11) is 1.48. The maximum Gasteiger partial charge on any atom is 0.326 e. The Morgan fingerprint density at radius 3 is 2.76 bits per heavy atom. The minimum Gasteiger partial charge on any atom is -0.493 e. The van der Waals surface area contributed by atoms with Crippen molar-refractivity contribution in [3.05, 3.63) is 52.6 Å². The molecule has 0 radical (unpaired) electrons. The van der Waals surface area contributed by atoms with Gasteiger partial charge in [0.05, 0.1) is 19.3 Å². The lowest BCUT2D eigenvalue weighted by atomic mass is 10.1. The van der Waals surface area contributed by atoms with E-state index in [-0.39, 0.29) is 25.2 Å². The Bertz CT molecular complexity index is 1240. The van der Waals surface area contributed by atoms with Crippen LogP contribution in [0.15, 0.2) is 34.9 Å². The molecule has 1 amide bonds. The molecule has 0 unspecified atom stereocenters. The van der Waals surface area contributed by atoms with E-state index in [2.05, 4.69) is 9.97 Å². The topological polar surface area (TPSA) is 115 Å². The molecule has 34 heavy (non-hydrogen) atoms. The van der Waals surface area contributed by atoms with Crippen LogP contribution in [0.4, 0.5) is 0 Å². The maximum atomic E-state index is 13.3. The van der Waals surface area contributed by atoms with Gasteiger partial charge in [-0.3, -0.25) is 9.78 Å². The van der Waals surface area contributed by atoms with Crippen LogP contribution < -0.4 is 4.74 Å². The van der Waals surface area contributed by atoms with Crippen molar-refractivity contribution < 1.29 is 28.6 Å². The van der Waals surface area contributed by atoms with Crippen molar-refractivity contribution in [2.75, 3.05) is 13.7 Å². The molecule has 1 aliphatic heterocycles. The Balaban J connectivity index is 1.38. The number of hydrogen-bond acceptors (Lipinski definition) is 7. The number of aromatic nitrogens is 2. The minimum absolute atomic E-state index is 0.182. The number of hydrogen-bond donors (Lipinski definition) is 1. The number of likely N-dealkylation sites (tertiary alicyclic amines) is 1. The van der Waals surface area contributed by atoms with Gasteiger partial charge in [0.1, 0.15) is 11.6 Å². The van der Waals surface area contributed by atoms with Crippen molar-refractivity contribution in [2.45, 2.75) is 50.4 Å². The fourth-order valence-electron chi connectivity index (χ4n) is 4.25. The second-order valence-corrected chi connectivity index (χ2v) is 9.04. The molecule has 1 aromatic carbocycles. The van der Waals surface area contributed by atoms with Crippen LogP contribution >= 0.6 is 11.6 Å². The zero-order valence-corrected chi connectivity index (χ0v) is 19.3. The monoisotopic (exact) mass is 485 g/mol. The Morgan fingerprint density at radius 1 is 1.24 bits per heavy atom. The number of carboxylic acids is 1. The molecule has 5 rings (SSSR count). The van der Waals surface area contributed by atoms with E-state index in [9.17, 15) is 14.7 Å². The van der Waals surface area contributed by atoms with Gasteiger partial charge in [-0.05, 0) is 43.5 Å². The summed E-state index contributed by atoms with van der Waals surface area (Å²) >= 11 is 6.02. The second kappa shape index (κ2) is 9.23. The lowest BCUT2D eigenvalue weighted by Crippen LogP contribution is -2.40. The molecule has 178 valence electrons. The van der Waals surface area contributed by atoms with E-state index in [0.717, 1.165) is 18.5 Å². The highest BCUT2D eigenvalue weighted by molar-refractivity contribution is 6.30. The van der Waals surface area contributed by atoms with Gasteiger partial charge >= 0.3 is 5.97 Å². The van der Waals surface area contributed by atoms with Crippen LogP contribution in [0.3, 0.4) is 0 Å². The van der Waals surface area contributed by atoms with Crippen molar-refractivity contribution in [3.8, 4) is 5.75 Å². The second-order valence-electron chi connectivity index (χ2n) is 8.60. The van der Waals surface area contributed by atoms with E-state index < -0.39 is 17.9 Å². The molecular formula is C24H24ClN3O6. The first kappa shape index (κ1) is 22.6. The number of carbonyl (C=O) groups is 2. The third-order valence-electron chi connectivity index (χ3n) is 6.06. The van der Waals surface area contributed by atoms with E-state index in [1.54, 1.807) is 30.5 Å². The molecule has 2 fully saturated rings. The molecule has 9 nitrogen and oxygen atoms in total. The molecule has 0 spiro atoms. The van der Waals surface area contributed by atoms with Gasteiger partial charge in [-0.25, -0.2) is 9.78 Å². The van der Waals surface area contributed by atoms with Gasteiger partial charge < -0.3 is 23.9 Å². The zero-order valence-electron chi connectivity index (χ0n) is 18.6. The van der Waals surface area contributed by atoms with Gasteiger partial charge in [0.25, 0.3) is 5.91 Å². The van der Waals surface area contributed by atoms with E-state index in [4.69, 9.17) is 25.5 Å². The molecule has 1 saturated carbocycles. The third-order valence-corrected chi connectivity index (χ3v) is 6.29. The standard InChI is InChI=1S/C24H24ClN3O6/c1-32-20-9-13(23(29)28-12-17(33-16-3-4-16)11-19(28)24(30)31)8-18-22(20)34-21(27-18)5-2-15-10-14(25)6-7-26-15/h6-10,16-17,19H,2-5,11-12H2,1H3,(H,30,31)/t17-,19+/m1/s1. The lowest BCUT2D eigenvalue weighted by Gasteiger charge is -2.21. The molecule has 1 saturated heterocycles.